The van der Waals surface area contributed by atoms with E-state index in [0.29, 0.717) is 5.13 Å². The molecule has 70 valence electrons. The van der Waals surface area contributed by atoms with Gasteiger partial charge in [0.15, 0.2) is 0 Å². The second kappa shape index (κ2) is 3.51. The van der Waals surface area contributed by atoms with Gasteiger partial charge in [-0.3, -0.25) is 0 Å². The van der Waals surface area contributed by atoms with Crippen LogP contribution in [0.25, 0.3) is 5.13 Å². The molecule has 0 unspecified atom stereocenters. The number of aryl methyl sites for hydroxylation is 1. The molecule has 0 fully saturated rings. The van der Waals surface area contributed by atoms with Crippen molar-refractivity contribution in [3.05, 3.63) is 18.0 Å². The molecule has 0 N–H and O–H groups in total. The summed E-state index contributed by atoms with van der Waals surface area (Å²) in [6.07, 6.45) is 2.24. The third-order valence-electron chi connectivity index (χ3n) is 1.56. The predicted molar refractivity (Wildman–Crippen MR) is 48.9 cm³/mol. The topological polar surface area (TPSA) is 80.3 Å². The Hall–Kier alpha value is -1.81. The van der Waals surface area contributed by atoms with Gasteiger partial charge in [0.1, 0.15) is 18.2 Å². The standard InChI is InChI=1S/C7H6N6S/c1-2-5-10-7(14-12-5)13-4-9-6(3-8)11-13/h4H,2H2,1H3. The Balaban J connectivity index is 2.35. The Bertz CT molecular complexity index is 478. The molecule has 7 heteroatoms. The summed E-state index contributed by atoms with van der Waals surface area (Å²) in [7, 11) is 0. The summed E-state index contributed by atoms with van der Waals surface area (Å²) >= 11 is 1.24. The summed E-state index contributed by atoms with van der Waals surface area (Å²) in [6, 6.07) is 1.85. The van der Waals surface area contributed by atoms with Gasteiger partial charge in [-0.15, -0.1) is 5.10 Å². The van der Waals surface area contributed by atoms with E-state index in [1.54, 1.807) is 0 Å². The lowest BCUT2D eigenvalue weighted by Gasteiger charge is -1.88. The van der Waals surface area contributed by atoms with E-state index < -0.39 is 0 Å². The average Bonchev–Trinajstić information content (AvgIpc) is 2.86. The second-order valence-electron chi connectivity index (χ2n) is 2.47. The minimum atomic E-state index is 0.137. The van der Waals surface area contributed by atoms with Gasteiger partial charge in [0.25, 0.3) is 5.82 Å². The van der Waals surface area contributed by atoms with Crippen molar-refractivity contribution in [2.75, 3.05) is 0 Å². The molecule has 6 nitrogen and oxygen atoms in total. The van der Waals surface area contributed by atoms with Crippen molar-refractivity contribution in [3.8, 4) is 11.2 Å². The largest absolute Gasteiger partial charge is 0.252 e. The lowest BCUT2D eigenvalue weighted by Crippen LogP contribution is -1.94. The van der Waals surface area contributed by atoms with Crippen LogP contribution in [0.3, 0.4) is 0 Å². The molecule has 0 aromatic carbocycles. The van der Waals surface area contributed by atoms with Crippen molar-refractivity contribution >= 4 is 11.5 Å². The summed E-state index contributed by atoms with van der Waals surface area (Å²) in [6.45, 7) is 1.98. The molecule has 0 saturated heterocycles. The predicted octanol–water partition coefficient (Wildman–Crippen LogP) is 0.553. The summed E-state index contributed by atoms with van der Waals surface area (Å²) in [4.78, 5) is 7.98. The van der Waals surface area contributed by atoms with Crippen molar-refractivity contribution in [3.63, 3.8) is 0 Å². The summed E-state index contributed by atoms with van der Waals surface area (Å²) in [5.41, 5.74) is 0. The maximum absolute atomic E-state index is 8.53. The SMILES string of the molecule is CCc1nsc(-n2cnc(C#N)n2)n1. The number of nitriles is 1. The molecule has 2 rings (SSSR count). The van der Waals surface area contributed by atoms with Crippen molar-refractivity contribution in [1.29, 1.82) is 5.26 Å². The first-order valence-corrected chi connectivity index (χ1v) is 4.75. The van der Waals surface area contributed by atoms with E-state index >= 15 is 0 Å². The van der Waals surface area contributed by atoms with Crippen molar-refractivity contribution in [1.82, 2.24) is 24.1 Å². The van der Waals surface area contributed by atoms with Gasteiger partial charge in [0.2, 0.25) is 5.13 Å². The van der Waals surface area contributed by atoms with Crippen LogP contribution in [0.15, 0.2) is 6.33 Å². The monoisotopic (exact) mass is 206 g/mol. The van der Waals surface area contributed by atoms with Crippen molar-refractivity contribution in [2.24, 2.45) is 0 Å². The van der Waals surface area contributed by atoms with Crippen LogP contribution in [0.5, 0.6) is 0 Å². The molecule has 0 spiro atoms. The number of aromatic nitrogens is 5. The molecule has 0 amide bonds. The molecule has 0 saturated carbocycles. The molecule has 0 atom stereocenters. The van der Waals surface area contributed by atoms with Crippen LogP contribution >= 0.6 is 11.5 Å². The normalized spacial score (nSPS) is 10.0. The van der Waals surface area contributed by atoms with E-state index in [1.807, 2.05) is 13.0 Å². The molecule has 0 radical (unpaired) electrons. The van der Waals surface area contributed by atoms with Crippen LogP contribution in [-0.4, -0.2) is 24.1 Å². The Morgan fingerprint density at radius 2 is 2.50 bits per heavy atom. The van der Waals surface area contributed by atoms with Crippen LogP contribution < -0.4 is 0 Å². The summed E-state index contributed by atoms with van der Waals surface area (Å²) in [5.74, 6) is 0.914. The van der Waals surface area contributed by atoms with Gasteiger partial charge in [-0.25, -0.2) is 9.97 Å². The van der Waals surface area contributed by atoms with Gasteiger partial charge in [0, 0.05) is 18.0 Å². The van der Waals surface area contributed by atoms with E-state index in [1.165, 1.54) is 22.5 Å². The third kappa shape index (κ3) is 1.47. The van der Waals surface area contributed by atoms with Crippen LogP contribution in [0, 0.1) is 11.3 Å². The Kier molecular flexibility index (Phi) is 2.20. The minimum Gasteiger partial charge on any atom is -0.206 e. The number of rotatable bonds is 2. The number of hydrogen-bond donors (Lipinski definition) is 0. The molecule has 0 aliphatic carbocycles. The molecule has 2 heterocycles. The Labute approximate surface area is 84.0 Å². The Morgan fingerprint density at radius 1 is 1.64 bits per heavy atom. The van der Waals surface area contributed by atoms with Crippen molar-refractivity contribution < 1.29 is 0 Å². The highest BCUT2D eigenvalue weighted by molar-refractivity contribution is 7.08. The van der Waals surface area contributed by atoms with E-state index in [0.717, 1.165) is 12.2 Å². The van der Waals surface area contributed by atoms with E-state index in [4.69, 9.17) is 5.26 Å². The zero-order valence-electron chi connectivity index (χ0n) is 7.38. The molecule has 0 bridgehead atoms. The third-order valence-corrected chi connectivity index (χ3v) is 2.31. The van der Waals surface area contributed by atoms with Crippen LogP contribution in [0.4, 0.5) is 0 Å². The first-order chi connectivity index (χ1) is 6.83. The van der Waals surface area contributed by atoms with Gasteiger partial charge in [0.05, 0.1) is 0 Å². The highest BCUT2D eigenvalue weighted by Crippen LogP contribution is 2.09. The zero-order valence-corrected chi connectivity index (χ0v) is 8.19. The molecule has 2 aromatic rings. The average molecular weight is 206 g/mol. The summed E-state index contributed by atoms with van der Waals surface area (Å²) in [5, 5.41) is 13.1. The number of nitrogens with zero attached hydrogens (tertiary/aromatic N) is 6. The molecule has 14 heavy (non-hydrogen) atoms. The van der Waals surface area contributed by atoms with E-state index in [2.05, 4.69) is 19.4 Å². The van der Waals surface area contributed by atoms with Gasteiger partial charge < -0.3 is 0 Å². The highest BCUT2D eigenvalue weighted by atomic mass is 32.1. The molecular formula is C7H6N6S. The van der Waals surface area contributed by atoms with E-state index in [-0.39, 0.29) is 5.82 Å². The quantitative estimate of drug-likeness (QED) is 0.716. The molecular weight excluding hydrogens is 200 g/mol. The maximum Gasteiger partial charge on any atom is 0.252 e. The first kappa shape index (κ1) is 8.77. The van der Waals surface area contributed by atoms with Gasteiger partial charge in [-0.2, -0.15) is 14.3 Å². The number of hydrogen-bond acceptors (Lipinski definition) is 6. The van der Waals surface area contributed by atoms with Crippen molar-refractivity contribution in [2.45, 2.75) is 13.3 Å². The van der Waals surface area contributed by atoms with Crippen LogP contribution in [0.2, 0.25) is 0 Å². The highest BCUT2D eigenvalue weighted by Gasteiger charge is 2.06. The molecule has 0 aliphatic rings. The fourth-order valence-corrected chi connectivity index (χ4v) is 1.56. The zero-order chi connectivity index (χ0) is 9.97. The maximum atomic E-state index is 8.53. The lowest BCUT2D eigenvalue weighted by atomic mass is 10.5. The van der Waals surface area contributed by atoms with Gasteiger partial charge in [-0.05, 0) is 0 Å². The fraction of sp³-hybridized carbons (Fsp3) is 0.286. The fourth-order valence-electron chi connectivity index (χ4n) is 0.888. The summed E-state index contributed by atoms with van der Waals surface area (Å²) < 4.78 is 5.56. The minimum absolute atomic E-state index is 0.137. The smallest absolute Gasteiger partial charge is 0.206 e. The van der Waals surface area contributed by atoms with Crippen LogP contribution in [0.1, 0.15) is 18.6 Å². The van der Waals surface area contributed by atoms with Gasteiger partial charge in [-0.1, -0.05) is 6.92 Å². The molecule has 2 aromatic heterocycles. The van der Waals surface area contributed by atoms with Crippen LogP contribution in [-0.2, 0) is 6.42 Å². The van der Waals surface area contributed by atoms with Gasteiger partial charge >= 0.3 is 0 Å². The first-order valence-electron chi connectivity index (χ1n) is 3.98. The molecule has 0 aliphatic heterocycles. The second-order valence-corrected chi connectivity index (χ2v) is 3.20. The Morgan fingerprint density at radius 3 is 3.07 bits per heavy atom. The van der Waals surface area contributed by atoms with E-state index in [9.17, 15) is 0 Å². The lowest BCUT2D eigenvalue weighted by molar-refractivity contribution is 0.848.